The molecule has 0 aromatic rings. The van der Waals surface area contributed by atoms with Crippen LogP contribution in [0.3, 0.4) is 0 Å². The summed E-state index contributed by atoms with van der Waals surface area (Å²) in [6.07, 6.45) is 0.975. The fourth-order valence-electron chi connectivity index (χ4n) is 1.00. The molecule has 0 saturated carbocycles. The van der Waals surface area contributed by atoms with E-state index in [2.05, 4.69) is 18.8 Å². The average molecular weight is 159 g/mol. The molecular formula is C7H17N3O. The van der Waals surface area contributed by atoms with Crippen LogP contribution in [0.25, 0.3) is 0 Å². The minimum absolute atomic E-state index is 0.0816. The van der Waals surface area contributed by atoms with Gasteiger partial charge >= 0.3 is 0 Å². The molecule has 0 bridgehead atoms. The first-order valence-electron chi connectivity index (χ1n) is 3.79. The molecule has 4 heteroatoms. The highest BCUT2D eigenvalue weighted by molar-refractivity contribution is 5.76. The Balaban J connectivity index is 3.75. The van der Waals surface area contributed by atoms with Gasteiger partial charge in [0, 0.05) is 0 Å². The van der Waals surface area contributed by atoms with E-state index in [-0.39, 0.29) is 12.0 Å². The van der Waals surface area contributed by atoms with Gasteiger partial charge in [0.1, 0.15) is 0 Å². The van der Waals surface area contributed by atoms with Gasteiger partial charge in [-0.25, -0.2) is 10.5 Å². The first kappa shape index (κ1) is 10.2. The van der Waals surface area contributed by atoms with Crippen molar-refractivity contribution >= 4 is 5.96 Å². The highest BCUT2D eigenvalue weighted by atomic mass is 16.5. The van der Waals surface area contributed by atoms with E-state index in [4.69, 9.17) is 10.9 Å². The molecule has 1 unspecified atom stereocenters. The van der Waals surface area contributed by atoms with E-state index in [1.807, 2.05) is 6.92 Å². The number of hydroxylamine groups is 1. The lowest BCUT2D eigenvalue weighted by Crippen LogP contribution is -2.30. The zero-order valence-electron chi connectivity index (χ0n) is 7.33. The average Bonchev–Trinajstić information content (AvgIpc) is 1.85. The van der Waals surface area contributed by atoms with E-state index in [0.717, 1.165) is 6.42 Å². The predicted molar refractivity (Wildman–Crippen MR) is 45.5 cm³/mol. The molecule has 0 saturated heterocycles. The Morgan fingerprint density at radius 3 is 2.45 bits per heavy atom. The molecule has 4 N–H and O–H groups in total. The van der Waals surface area contributed by atoms with Crippen molar-refractivity contribution in [2.45, 2.75) is 33.2 Å². The summed E-state index contributed by atoms with van der Waals surface area (Å²) in [6.45, 7) is 6.20. The molecule has 66 valence electrons. The minimum Gasteiger partial charge on any atom is -0.368 e. The maximum Gasteiger partial charge on any atom is 0.213 e. The maximum absolute atomic E-state index is 8.31. The summed E-state index contributed by atoms with van der Waals surface area (Å²) in [5.41, 5.74) is 7.04. The summed E-state index contributed by atoms with van der Waals surface area (Å²) >= 11 is 0. The summed E-state index contributed by atoms with van der Waals surface area (Å²) in [5.74, 6) is 0.679. The van der Waals surface area contributed by atoms with Crippen molar-refractivity contribution in [1.29, 1.82) is 0 Å². The zero-order chi connectivity index (χ0) is 8.85. The lowest BCUT2D eigenvalue weighted by molar-refractivity contribution is 0.232. The second kappa shape index (κ2) is 4.96. The Morgan fingerprint density at radius 1 is 1.55 bits per heavy atom. The van der Waals surface area contributed by atoms with Crippen LogP contribution in [0.2, 0.25) is 0 Å². The smallest absolute Gasteiger partial charge is 0.213 e. The number of nitrogens with one attached hydrogen (secondary N) is 1. The molecule has 0 rings (SSSR count). The molecule has 1 atom stereocenters. The Labute approximate surface area is 67.5 Å². The number of nitrogens with two attached hydrogens (primary N) is 1. The standard InChI is InChI=1S/C7H17N3O/c1-5(2)4-6(3)9-7(8)10-11/h5-6,11H,4H2,1-3H3,(H3,8,9,10). The highest BCUT2D eigenvalue weighted by Gasteiger charge is 2.02. The van der Waals surface area contributed by atoms with Crippen molar-refractivity contribution in [2.75, 3.05) is 0 Å². The monoisotopic (exact) mass is 159 g/mol. The molecule has 4 nitrogen and oxygen atoms in total. The van der Waals surface area contributed by atoms with Gasteiger partial charge in [-0.3, -0.25) is 5.21 Å². The Kier molecular flexibility index (Phi) is 4.61. The van der Waals surface area contributed by atoms with Crippen LogP contribution in [0, 0.1) is 5.92 Å². The molecule has 0 amide bonds. The zero-order valence-corrected chi connectivity index (χ0v) is 7.33. The van der Waals surface area contributed by atoms with E-state index in [1.54, 1.807) is 5.48 Å². The Hall–Kier alpha value is -0.770. The molecule has 0 aliphatic heterocycles. The van der Waals surface area contributed by atoms with Crippen molar-refractivity contribution < 1.29 is 5.21 Å². The van der Waals surface area contributed by atoms with Gasteiger partial charge in [0.05, 0.1) is 6.04 Å². The molecule has 0 fully saturated rings. The van der Waals surface area contributed by atoms with Gasteiger partial charge in [-0.15, -0.1) is 0 Å². The molecule has 0 aliphatic rings. The molecule has 11 heavy (non-hydrogen) atoms. The highest BCUT2D eigenvalue weighted by Crippen LogP contribution is 2.06. The summed E-state index contributed by atoms with van der Waals surface area (Å²) in [4.78, 5) is 3.97. The number of hydrogen-bond donors (Lipinski definition) is 3. The van der Waals surface area contributed by atoms with Crippen LogP contribution in [0.1, 0.15) is 27.2 Å². The van der Waals surface area contributed by atoms with E-state index >= 15 is 0 Å². The largest absolute Gasteiger partial charge is 0.368 e. The number of rotatable bonds is 3. The summed E-state index contributed by atoms with van der Waals surface area (Å²) in [6, 6.07) is 0.162. The molecule has 0 spiro atoms. The number of nitrogens with zero attached hydrogens (tertiary/aromatic N) is 1. The topological polar surface area (TPSA) is 70.6 Å². The Bertz CT molecular complexity index is 134. The van der Waals surface area contributed by atoms with Crippen LogP contribution in [0.15, 0.2) is 4.99 Å². The van der Waals surface area contributed by atoms with Crippen molar-refractivity contribution in [3.63, 3.8) is 0 Å². The van der Waals surface area contributed by atoms with E-state index in [1.165, 1.54) is 0 Å². The van der Waals surface area contributed by atoms with Crippen LogP contribution in [-0.2, 0) is 0 Å². The van der Waals surface area contributed by atoms with Crippen molar-refractivity contribution in [1.82, 2.24) is 5.48 Å². The summed E-state index contributed by atoms with van der Waals surface area (Å²) < 4.78 is 0. The van der Waals surface area contributed by atoms with Gasteiger partial charge < -0.3 is 5.73 Å². The van der Waals surface area contributed by atoms with Gasteiger partial charge in [-0.1, -0.05) is 13.8 Å². The number of guanidine groups is 1. The second-order valence-corrected chi connectivity index (χ2v) is 3.10. The van der Waals surface area contributed by atoms with E-state index in [9.17, 15) is 0 Å². The van der Waals surface area contributed by atoms with Gasteiger partial charge in [0.25, 0.3) is 0 Å². The minimum atomic E-state index is 0.0816. The van der Waals surface area contributed by atoms with Gasteiger partial charge in [0.15, 0.2) is 0 Å². The van der Waals surface area contributed by atoms with Crippen LogP contribution in [0.4, 0.5) is 0 Å². The third kappa shape index (κ3) is 5.66. The van der Waals surface area contributed by atoms with Gasteiger partial charge in [-0.05, 0) is 19.3 Å². The normalized spacial score (nSPS) is 15.2. The third-order valence-corrected chi connectivity index (χ3v) is 1.29. The Morgan fingerprint density at radius 2 is 2.09 bits per heavy atom. The first-order valence-corrected chi connectivity index (χ1v) is 3.79. The predicted octanol–water partition coefficient (Wildman–Crippen LogP) is 0.715. The second-order valence-electron chi connectivity index (χ2n) is 3.10. The fraction of sp³-hybridized carbons (Fsp3) is 0.857. The number of aliphatic imine (C=N–C) groups is 1. The summed E-state index contributed by atoms with van der Waals surface area (Å²) in [7, 11) is 0. The molecule has 0 aliphatic carbocycles. The molecule has 0 aromatic carbocycles. The van der Waals surface area contributed by atoms with Gasteiger partial charge in [-0.2, -0.15) is 0 Å². The quantitative estimate of drug-likeness (QED) is 0.323. The lowest BCUT2D eigenvalue weighted by Gasteiger charge is -2.09. The summed E-state index contributed by atoms with van der Waals surface area (Å²) in [5, 5.41) is 8.31. The van der Waals surface area contributed by atoms with Crippen molar-refractivity contribution in [3.05, 3.63) is 0 Å². The van der Waals surface area contributed by atoms with Crippen molar-refractivity contribution in [2.24, 2.45) is 16.6 Å². The lowest BCUT2D eigenvalue weighted by atomic mass is 10.1. The molecular weight excluding hydrogens is 142 g/mol. The van der Waals surface area contributed by atoms with Crippen molar-refractivity contribution in [3.8, 4) is 0 Å². The third-order valence-electron chi connectivity index (χ3n) is 1.29. The first-order chi connectivity index (χ1) is 5.06. The van der Waals surface area contributed by atoms with Crippen LogP contribution in [0.5, 0.6) is 0 Å². The number of hydrogen-bond acceptors (Lipinski definition) is 2. The molecule has 0 heterocycles. The molecule has 0 radical (unpaired) electrons. The van der Waals surface area contributed by atoms with Crippen LogP contribution in [-0.4, -0.2) is 17.2 Å². The molecule has 0 aromatic heterocycles. The van der Waals surface area contributed by atoms with E-state index < -0.39 is 0 Å². The van der Waals surface area contributed by atoms with Crippen LogP contribution < -0.4 is 11.2 Å². The van der Waals surface area contributed by atoms with Crippen LogP contribution >= 0.6 is 0 Å². The SMILES string of the molecule is CC(C)CC(C)N=C(N)NO. The van der Waals surface area contributed by atoms with Gasteiger partial charge in [0.2, 0.25) is 5.96 Å². The fourth-order valence-corrected chi connectivity index (χ4v) is 1.00. The maximum atomic E-state index is 8.31. The van der Waals surface area contributed by atoms with E-state index in [0.29, 0.717) is 5.92 Å².